The van der Waals surface area contributed by atoms with E-state index in [4.69, 9.17) is 16.3 Å². The third kappa shape index (κ3) is 4.13. The number of carbonyl (C=O) groups excluding carboxylic acids is 1. The zero-order valence-electron chi connectivity index (χ0n) is 15.9. The van der Waals surface area contributed by atoms with Gasteiger partial charge in [-0.2, -0.15) is 5.10 Å². The molecule has 0 atom stereocenters. The number of methoxy groups -OCH3 is 1. The minimum absolute atomic E-state index is 0.161. The fourth-order valence-corrected chi connectivity index (χ4v) is 3.84. The first kappa shape index (κ1) is 20.3. The number of fused-ring (bicyclic) bond motifs is 1. The molecule has 30 heavy (non-hydrogen) atoms. The molecule has 2 N–H and O–H groups in total. The number of thiophene rings is 1. The number of ether oxygens (including phenoxy) is 1. The lowest BCUT2D eigenvalue weighted by Gasteiger charge is -2.09. The van der Waals surface area contributed by atoms with Crippen molar-refractivity contribution in [2.24, 2.45) is 0 Å². The molecule has 0 fully saturated rings. The highest BCUT2D eigenvalue weighted by atomic mass is 35.5. The van der Waals surface area contributed by atoms with Crippen molar-refractivity contribution in [3.8, 4) is 5.69 Å². The van der Waals surface area contributed by atoms with Crippen molar-refractivity contribution in [3.63, 3.8) is 0 Å². The number of amides is 1. The highest BCUT2D eigenvalue weighted by molar-refractivity contribution is 7.12. The molecule has 4 rings (SSSR count). The molecule has 0 aliphatic heterocycles. The summed E-state index contributed by atoms with van der Waals surface area (Å²) in [6.07, 6.45) is 1.61. The van der Waals surface area contributed by atoms with E-state index >= 15 is 0 Å². The highest BCUT2D eigenvalue weighted by Crippen LogP contribution is 2.29. The Hall–Kier alpha value is -3.01. The molecular weight excluding hydrogens is 428 g/mol. The van der Waals surface area contributed by atoms with Crippen LogP contribution in [0.5, 0.6) is 0 Å². The van der Waals surface area contributed by atoms with Crippen LogP contribution in [-0.4, -0.2) is 40.9 Å². The molecule has 0 unspecified atom stereocenters. The van der Waals surface area contributed by atoms with E-state index in [1.54, 1.807) is 36.2 Å². The molecule has 7 nitrogen and oxygen atoms in total. The molecule has 0 aliphatic rings. The van der Waals surface area contributed by atoms with E-state index in [9.17, 15) is 9.18 Å². The fourth-order valence-electron chi connectivity index (χ4n) is 2.85. The SMILES string of the molecule is COCCNC(=O)c1cc(-n2ncc3nc(Nc4c([18F])cccc4Cl)ccc32)cs1. The van der Waals surface area contributed by atoms with E-state index in [0.717, 1.165) is 11.2 Å². The number of carbonyl (C=O) groups is 1. The van der Waals surface area contributed by atoms with Crippen molar-refractivity contribution in [2.75, 3.05) is 25.6 Å². The molecular formula is C20H17ClFN5O2S. The van der Waals surface area contributed by atoms with Crippen LogP contribution in [0, 0.1) is 5.82 Å². The Morgan fingerprint density at radius 3 is 3.00 bits per heavy atom. The number of nitrogens with zero attached hydrogens (tertiary/aromatic N) is 3. The lowest BCUT2D eigenvalue weighted by molar-refractivity contribution is 0.0941. The number of pyridine rings is 1. The predicted octanol–water partition coefficient (Wildman–Crippen LogP) is 4.39. The molecule has 1 amide bonds. The molecule has 0 radical (unpaired) electrons. The first-order valence-electron chi connectivity index (χ1n) is 8.98. The summed E-state index contributed by atoms with van der Waals surface area (Å²) >= 11 is 7.39. The first-order chi connectivity index (χ1) is 14.6. The van der Waals surface area contributed by atoms with E-state index in [1.807, 2.05) is 11.4 Å². The number of anilines is 2. The molecule has 3 aromatic heterocycles. The molecule has 0 aliphatic carbocycles. The van der Waals surface area contributed by atoms with Gasteiger partial charge in [0.15, 0.2) is 0 Å². The van der Waals surface area contributed by atoms with E-state index in [1.165, 1.54) is 23.5 Å². The Bertz CT molecular complexity index is 1190. The van der Waals surface area contributed by atoms with Crippen LogP contribution in [0.3, 0.4) is 0 Å². The average Bonchev–Trinajstić information content (AvgIpc) is 3.37. The predicted molar refractivity (Wildman–Crippen MR) is 116 cm³/mol. The van der Waals surface area contributed by atoms with Gasteiger partial charge in [0, 0.05) is 19.0 Å². The van der Waals surface area contributed by atoms with Crippen molar-refractivity contribution in [1.82, 2.24) is 20.1 Å². The second kappa shape index (κ2) is 8.78. The smallest absolute Gasteiger partial charge is 0.261 e. The Morgan fingerprint density at radius 2 is 2.20 bits per heavy atom. The third-order valence-electron chi connectivity index (χ3n) is 4.29. The van der Waals surface area contributed by atoms with Gasteiger partial charge in [0.1, 0.15) is 17.2 Å². The Kier molecular flexibility index (Phi) is 5.93. The van der Waals surface area contributed by atoms with E-state index in [0.29, 0.717) is 29.4 Å². The molecule has 4 aromatic rings. The number of para-hydroxylation sites is 1. The summed E-state index contributed by atoms with van der Waals surface area (Å²) in [4.78, 5) is 17.2. The largest absolute Gasteiger partial charge is 0.383 e. The van der Waals surface area contributed by atoms with E-state index < -0.39 is 5.82 Å². The second-order valence-electron chi connectivity index (χ2n) is 6.30. The van der Waals surface area contributed by atoms with Crippen molar-refractivity contribution in [2.45, 2.75) is 0 Å². The van der Waals surface area contributed by atoms with Crippen LogP contribution in [0.2, 0.25) is 5.02 Å². The number of benzene rings is 1. The fraction of sp³-hybridized carbons (Fsp3) is 0.150. The zero-order chi connectivity index (χ0) is 21.1. The van der Waals surface area contributed by atoms with E-state index in [-0.39, 0.29) is 16.6 Å². The zero-order valence-corrected chi connectivity index (χ0v) is 17.4. The number of rotatable bonds is 7. The molecule has 1 aromatic carbocycles. The van der Waals surface area contributed by atoms with Gasteiger partial charge in [-0.1, -0.05) is 17.7 Å². The highest BCUT2D eigenvalue weighted by Gasteiger charge is 2.14. The maximum Gasteiger partial charge on any atom is 0.261 e. The van der Waals surface area contributed by atoms with Crippen molar-refractivity contribution >= 4 is 51.4 Å². The lowest BCUT2D eigenvalue weighted by atomic mass is 10.3. The summed E-state index contributed by atoms with van der Waals surface area (Å²) in [6, 6.07) is 9.77. The van der Waals surface area contributed by atoms with Gasteiger partial charge >= 0.3 is 0 Å². The quantitative estimate of drug-likeness (QED) is 0.413. The van der Waals surface area contributed by atoms with Gasteiger partial charge < -0.3 is 15.4 Å². The van der Waals surface area contributed by atoms with Crippen LogP contribution in [0.25, 0.3) is 16.7 Å². The van der Waals surface area contributed by atoms with Crippen LogP contribution >= 0.6 is 22.9 Å². The number of hydrogen-bond donors (Lipinski definition) is 2. The maximum atomic E-state index is 14.0. The van der Waals surface area contributed by atoms with Crippen molar-refractivity contribution < 1.29 is 13.9 Å². The number of aromatic nitrogens is 3. The summed E-state index contributed by atoms with van der Waals surface area (Å²) in [7, 11) is 1.58. The van der Waals surface area contributed by atoms with Gasteiger partial charge in [-0.15, -0.1) is 11.3 Å². The van der Waals surface area contributed by atoms with Gasteiger partial charge in [-0.25, -0.2) is 14.1 Å². The number of hydrogen-bond acceptors (Lipinski definition) is 6. The summed E-state index contributed by atoms with van der Waals surface area (Å²) in [5.41, 5.74) is 2.29. The Labute approximate surface area is 180 Å². The molecule has 10 heteroatoms. The van der Waals surface area contributed by atoms with Crippen LogP contribution < -0.4 is 10.6 Å². The Balaban J connectivity index is 1.57. The second-order valence-corrected chi connectivity index (χ2v) is 7.62. The van der Waals surface area contributed by atoms with Crippen LogP contribution in [0.15, 0.2) is 48.0 Å². The standard InChI is InChI=1S/C20H17ClFN5O2S/c1-29-8-7-23-20(28)17-9-12(11-30-17)27-16-5-6-18(25-15(16)10-24-27)26-19-13(21)3-2-4-14(19)22/h2-6,9-11H,7-8H2,1H3,(H,23,28)(H,25,26)/i22-1. The monoisotopic (exact) mass is 444 g/mol. The minimum Gasteiger partial charge on any atom is -0.383 e. The number of nitrogens with one attached hydrogen (secondary N) is 2. The van der Waals surface area contributed by atoms with Gasteiger partial charge in [0.05, 0.1) is 39.6 Å². The van der Waals surface area contributed by atoms with Crippen LogP contribution in [0.1, 0.15) is 9.67 Å². The summed E-state index contributed by atoms with van der Waals surface area (Å²) < 4.78 is 20.6. The average molecular weight is 445 g/mol. The normalized spacial score (nSPS) is 11.0. The molecule has 0 saturated carbocycles. The van der Waals surface area contributed by atoms with Crippen molar-refractivity contribution in [3.05, 3.63) is 63.7 Å². The van der Waals surface area contributed by atoms with Gasteiger partial charge in [-0.3, -0.25) is 4.79 Å². The summed E-state index contributed by atoms with van der Waals surface area (Å²) in [6.45, 7) is 0.896. The van der Waals surface area contributed by atoms with Gasteiger partial charge in [0.25, 0.3) is 5.91 Å². The van der Waals surface area contributed by atoms with Crippen molar-refractivity contribution in [1.29, 1.82) is 0 Å². The molecule has 154 valence electrons. The molecule has 0 saturated heterocycles. The third-order valence-corrected chi connectivity index (χ3v) is 5.52. The van der Waals surface area contributed by atoms with Gasteiger partial charge in [-0.05, 0) is 30.3 Å². The van der Waals surface area contributed by atoms with Crippen LogP contribution in [0.4, 0.5) is 15.9 Å². The topological polar surface area (TPSA) is 81.1 Å². The molecule has 3 heterocycles. The summed E-state index contributed by atoms with van der Waals surface area (Å²) in [5, 5.41) is 12.2. The molecule has 0 bridgehead atoms. The summed E-state index contributed by atoms with van der Waals surface area (Å²) in [5.74, 6) is -0.182. The molecule has 0 spiro atoms. The van der Waals surface area contributed by atoms with Gasteiger partial charge in [0.2, 0.25) is 0 Å². The minimum atomic E-state index is -0.463. The van der Waals surface area contributed by atoms with E-state index in [2.05, 4.69) is 20.7 Å². The number of halogens is 2. The van der Waals surface area contributed by atoms with Crippen LogP contribution in [-0.2, 0) is 4.74 Å². The first-order valence-corrected chi connectivity index (χ1v) is 10.2. The maximum absolute atomic E-state index is 14.0. The lowest BCUT2D eigenvalue weighted by Crippen LogP contribution is -2.26. The Morgan fingerprint density at radius 1 is 1.33 bits per heavy atom.